The van der Waals surface area contributed by atoms with Gasteiger partial charge in [-0.2, -0.15) is 0 Å². The lowest BCUT2D eigenvalue weighted by Gasteiger charge is -2.50. The van der Waals surface area contributed by atoms with Crippen LogP contribution < -0.4 is 0 Å². The van der Waals surface area contributed by atoms with Crippen LogP contribution >= 0.6 is 0 Å². The van der Waals surface area contributed by atoms with Crippen molar-refractivity contribution in [1.29, 1.82) is 0 Å². The zero-order valence-corrected chi connectivity index (χ0v) is 43.7. The summed E-state index contributed by atoms with van der Waals surface area (Å²) in [7, 11) is 1.22. The molecule has 0 aromatic heterocycles. The van der Waals surface area contributed by atoms with E-state index in [4.69, 9.17) is 52.1 Å². The normalized spacial score (nSPS) is 30.4. The molecule has 0 aliphatic carbocycles. The van der Waals surface area contributed by atoms with E-state index in [1.807, 2.05) is 58.0 Å². The van der Waals surface area contributed by atoms with Gasteiger partial charge in [0.05, 0.1) is 55.3 Å². The molecule has 3 aliphatic rings. The SMILES string of the molecule is CC[C@@H](OC(C)=O)[C@@H](C)C1O[C@@](OCC2O[C@@H](O[C@@H]3C(COC(=O)c4ccccc4)O[C@@H](OCc4ccccc4)C(OC(=O)c4ccccc4)[C@H]3C)C(OC(=O)c3ccccc3)[C@@H](C)[C@H]2O)(C(=O)OC)C[C@@H](C)[C@H]1C. The van der Waals surface area contributed by atoms with Gasteiger partial charge in [0.1, 0.15) is 24.9 Å². The molecule has 4 aromatic rings. The molecule has 5 unspecified atom stereocenters. The number of rotatable bonds is 20. The summed E-state index contributed by atoms with van der Waals surface area (Å²) < 4.78 is 69.2. The smallest absolute Gasteiger partial charge is 0.366 e. The molecule has 3 aliphatic heterocycles. The highest BCUT2D eigenvalue weighted by atomic mass is 16.8. The average Bonchev–Trinajstić information content (AvgIpc) is 3.43. The summed E-state index contributed by atoms with van der Waals surface area (Å²) in [6.07, 6.45) is -10.8. The van der Waals surface area contributed by atoms with E-state index in [0.717, 1.165) is 5.56 Å². The van der Waals surface area contributed by atoms with Gasteiger partial charge in [-0.15, -0.1) is 0 Å². The van der Waals surface area contributed by atoms with Crippen molar-refractivity contribution < 1.29 is 81.2 Å². The summed E-state index contributed by atoms with van der Waals surface area (Å²) >= 11 is 0. The van der Waals surface area contributed by atoms with Gasteiger partial charge in [0.2, 0.25) is 0 Å². The minimum atomic E-state index is -1.99. The third-order valence-corrected chi connectivity index (χ3v) is 14.6. The Bertz CT molecular complexity index is 2480. The maximum atomic E-state index is 14.0. The fourth-order valence-electron chi connectivity index (χ4n) is 10.1. The van der Waals surface area contributed by atoms with Crippen molar-refractivity contribution in [2.45, 2.75) is 135 Å². The molecule has 4 aromatic carbocycles. The first-order valence-electron chi connectivity index (χ1n) is 25.7. The van der Waals surface area contributed by atoms with Crippen LogP contribution in [0, 0.1) is 29.6 Å². The molecule has 404 valence electrons. The Labute approximate surface area is 438 Å². The number of benzene rings is 4. The quantitative estimate of drug-likeness (QED) is 0.0659. The van der Waals surface area contributed by atoms with E-state index in [0.29, 0.717) is 6.42 Å². The van der Waals surface area contributed by atoms with Gasteiger partial charge in [0.15, 0.2) is 24.8 Å². The Balaban J connectivity index is 1.23. The molecule has 3 saturated heterocycles. The minimum absolute atomic E-state index is 0.0551. The molecule has 0 amide bonds. The molecular formula is C58H70O17. The third-order valence-electron chi connectivity index (χ3n) is 14.6. The lowest BCUT2D eigenvalue weighted by atomic mass is 9.76. The van der Waals surface area contributed by atoms with E-state index in [1.165, 1.54) is 14.0 Å². The highest BCUT2D eigenvalue weighted by Crippen LogP contribution is 2.44. The molecule has 17 heteroatoms. The summed E-state index contributed by atoms with van der Waals surface area (Å²) in [6, 6.07) is 34.4. The molecule has 7 rings (SSSR count). The van der Waals surface area contributed by atoms with Crippen molar-refractivity contribution in [2.24, 2.45) is 29.6 Å². The number of esters is 5. The molecule has 0 radical (unpaired) electrons. The second-order valence-electron chi connectivity index (χ2n) is 19.7. The van der Waals surface area contributed by atoms with Crippen LogP contribution in [0.1, 0.15) is 97.9 Å². The Morgan fingerprint density at radius 2 is 1.19 bits per heavy atom. The number of aliphatic hydroxyl groups excluding tert-OH is 1. The zero-order valence-electron chi connectivity index (χ0n) is 43.7. The van der Waals surface area contributed by atoms with Crippen molar-refractivity contribution in [3.05, 3.63) is 144 Å². The van der Waals surface area contributed by atoms with Crippen LogP contribution in [0.3, 0.4) is 0 Å². The number of carbonyl (C=O) groups is 5. The molecule has 0 spiro atoms. The Hall–Kier alpha value is -6.05. The Kier molecular flexibility index (Phi) is 19.7. The number of hydrogen-bond donors (Lipinski definition) is 1. The van der Waals surface area contributed by atoms with Gasteiger partial charge in [-0.3, -0.25) is 4.79 Å². The highest BCUT2D eigenvalue weighted by Gasteiger charge is 2.56. The molecule has 75 heavy (non-hydrogen) atoms. The van der Waals surface area contributed by atoms with Crippen LogP contribution in [-0.4, -0.2) is 122 Å². The first-order chi connectivity index (χ1) is 36.0. The van der Waals surface area contributed by atoms with Gasteiger partial charge >= 0.3 is 29.8 Å². The van der Waals surface area contributed by atoms with E-state index in [2.05, 4.69) is 0 Å². The molecule has 0 bridgehead atoms. The third kappa shape index (κ3) is 13.9. The summed E-state index contributed by atoms with van der Waals surface area (Å²) in [5.74, 6) is -7.71. The number of aliphatic hydroxyl groups is 1. The van der Waals surface area contributed by atoms with E-state index >= 15 is 0 Å². The monoisotopic (exact) mass is 1040 g/mol. The van der Waals surface area contributed by atoms with Gasteiger partial charge in [-0.05, 0) is 60.2 Å². The van der Waals surface area contributed by atoms with Gasteiger partial charge in [-0.1, -0.05) is 126 Å². The molecule has 3 fully saturated rings. The standard InChI is InChI=1S/C58H70O17/c1-9-44(69-39(7)59)36(4)48-35(3)34(2)30-58(75-48,57(64)65-8)68-33-45-47(60)37(5)50(72-53(62)42-26-18-12-19-27-42)56(70-45)74-49-38(6)51(73-54(63)43-28-20-13-21-29-43)55(67-31-40-22-14-10-15-23-40)71-46(49)32-66-52(61)41-24-16-11-17-25-41/h10-29,34-38,44-51,55-56,60H,9,30-33H2,1-8H3/t34-,35-,36-,37+,38+,44-,45?,46?,47-,48?,49+,50?,51?,55-,56+,58-/m1/s1. The molecular weight excluding hydrogens is 969 g/mol. The van der Waals surface area contributed by atoms with Crippen LogP contribution in [-0.2, 0) is 68.3 Å². The highest BCUT2D eigenvalue weighted by molar-refractivity contribution is 5.90. The Morgan fingerprint density at radius 1 is 0.667 bits per heavy atom. The average molecular weight is 1040 g/mol. The fraction of sp³-hybridized carbons (Fsp3) is 0.500. The fourth-order valence-corrected chi connectivity index (χ4v) is 10.1. The maximum Gasteiger partial charge on any atom is 0.366 e. The minimum Gasteiger partial charge on any atom is -0.465 e. The molecule has 3 heterocycles. The lowest BCUT2D eigenvalue weighted by molar-refractivity contribution is -0.357. The predicted molar refractivity (Wildman–Crippen MR) is 269 cm³/mol. The molecule has 17 nitrogen and oxygen atoms in total. The van der Waals surface area contributed by atoms with E-state index in [1.54, 1.807) is 105 Å². The van der Waals surface area contributed by atoms with Gasteiger partial charge < -0.3 is 57.2 Å². The van der Waals surface area contributed by atoms with Crippen LogP contribution in [0.2, 0.25) is 0 Å². The van der Waals surface area contributed by atoms with Crippen molar-refractivity contribution in [2.75, 3.05) is 20.3 Å². The Morgan fingerprint density at radius 3 is 1.72 bits per heavy atom. The number of ether oxygens (including phenoxy) is 11. The van der Waals surface area contributed by atoms with Crippen LogP contribution in [0.25, 0.3) is 0 Å². The number of hydrogen-bond acceptors (Lipinski definition) is 17. The van der Waals surface area contributed by atoms with Crippen LogP contribution in [0.15, 0.2) is 121 Å². The summed E-state index contributed by atoms with van der Waals surface area (Å²) in [4.78, 5) is 67.5. The topological polar surface area (TPSA) is 207 Å². The van der Waals surface area contributed by atoms with Crippen LogP contribution in [0.4, 0.5) is 0 Å². The number of carbonyl (C=O) groups excluding carboxylic acids is 5. The van der Waals surface area contributed by atoms with Crippen LogP contribution in [0.5, 0.6) is 0 Å². The van der Waals surface area contributed by atoms with Gasteiger partial charge in [-0.25, -0.2) is 19.2 Å². The van der Waals surface area contributed by atoms with Crippen molar-refractivity contribution in [3.63, 3.8) is 0 Å². The largest absolute Gasteiger partial charge is 0.465 e. The second-order valence-corrected chi connectivity index (χ2v) is 19.7. The second kappa shape index (κ2) is 26.1. The number of methoxy groups -OCH3 is 1. The van der Waals surface area contributed by atoms with E-state index in [9.17, 15) is 29.1 Å². The van der Waals surface area contributed by atoms with E-state index < -0.39 is 115 Å². The maximum absolute atomic E-state index is 14.0. The summed E-state index contributed by atoms with van der Waals surface area (Å²) in [6.45, 7) is 11.7. The molecule has 1 N–H and O–H groups in total. The van der Waals surface area contributed by atoms with Crippen molar-refractivity contribution >= 4 is 29.8 Å². The predicted octanol–water partition coefficient (Wildman–Crippen LogP) is 7.90. The zero-order chi connectivity index (χ0) is 53.8. The van der Waals surface area contributed by atoms with Crippen molar-refractivity contribution in [1.82, 2.24) is 0 Å². The van der Waals surface area contributed by atoms with Gasteiger partial charge in [0, 0.05) is 31.1 Å². The van der Waals surface area contributed by atoms with Crippen molar-refractivity contribution in [3.8, 4) is 0 Å². The summed E-state index contributed by atoms with van der Waals surface area (Å²) in [5.41, 5.74) is 1.57. The molecule has 0 saturated carbocycles. The molecule has 16 atom stereocenters. The first-order valence-corrected chi connectivity index (χ1v) is 25.7. The van der Waals surface area contributed by atoms with Gasteiger partial charge in [0.25, 0.3) is 5.79 Å². The lowest BCUT2D eigenvalue weighted by Crippen LogP contribution is -2.63. The van der Waals surface area contributed by atoms with E-state index in [-0.39, 0.29) is 54.1 Å². The summed E-state index contributed by atoms with van der Waals surface area (Å²) in [5, 5.41) is 12.1. The first kappa shape index (κ1) is 56.7.